The van der Waals surface area contributed by atoms with E-state index in [1.807, 2.05) is 67.6 Å². The van der Waals surface area contributed by atoms with Crippen LogP contribution in [-0.2, 0) is 22.7 Å². The first-order valence-corrected chi connectivity index (χ1v) is 7.93. The Bertz CT molecular complexity index is 655. The summed E-state index contributed by atoms with van der Waals surface area (Å²) in [5.74, 6) is -0.344. The predicted molar refractivity (Wildman–Crippen MR) is 93.2 cm³/mol. The van der Waals surface area contributed by atoms with Gasteiger partial charge in [-0.25, -0.2) is 0 Å². The van der Waals surface area contributed by atoms with Gasteiger partial charge in [0.1, 0.15) is 6.61 Å². The summed E-state index contributed by atoms with van der Waals surface area (Å²) in [6.07, 6.45) is 0.0832. The van der Waals surface area contributed by atoms with Gasteiger partial charge in [0.05, 0.1) is 12.5 Å². The zero-order valence-corrected chi connectivity index (χ0v) is 13.9. The molecule has 0 heterocycles. The second kappa shape index (κ2) is 9.01. The molecule has 4 heteroatoms. The van der Waals surface area contributed by atoms with E-state index in [0.717, 1.165) is 11.1 Å². The first-order valence-electron chi connectivity index (χ1n) is 7.93. The second-order valence-electron chi connectivity index (χ2n) is 5.74. The molecule has 24 heavy (non-hydrogen) atoms. The van der Waals surface area contributed by atoms with Crippen molar-refractivity contribution in [2.45, 2.75) is 32.5 Å². The first-order chi connectivity index (χ1) is 11.6. The van der Waals surface area contributed by atoms with E-state index in [2.05, 4.69) is 6.58 Å². The number of hydrogen-bond donors (Lipinski definition) is 1. The molecular weight excluding hydrogens is 302 g/mol. The van der Waals surface area contributed by atoms with Gasteiger partial charge in [0.2, 0.25) is 0 Å². The molecular formula is C20H23NO3. The predicted octanol–water partition coefficient (Wildman–Crippen LogP) is 3.96. The summed E-state index contributed by atoms with van der Waals surface area (Å²) >= 11 is 0. The van der Waals surface area contributed by atoms with Gasteiger partial charge in [0, 0.05) is 6.54 Å². The van der Waals surface area contributed by atoms with E-state index in [4.69, 9.17) is 4.74 Å². The molecule has 0 aliphatic carbocycles. The number of hydrogen-bond acceptors (Lipinski definition) is 4. The normalized spacial score (nSPS) is 12.0. The Morgan fingerprint density at radius 1 is 1.08 bits per heavy atom. The summed E-state index contributed by atoms with van der Waals surface area (Å²) in [6, 6.07) is 18.8. The summed E-state index contributed by atoms with van der Waals surface area (Å²) in [7, 11) is 0. The number of ether oxygens (including phenoxy) is 1. The molecule has 0 saturated heterocycles. The first kappa shape index (κ1) is 17.9. The van der Waals surface area contributed by atoms with Crippen LogP contribution >= 0.6 is 0 Å². The smallest absolute Gasteiger partial charge is 0.310 e. The van der Waals surface area contributed by atoms with Crippen LogP contribution in [-0.4, -0.2) is 22.3 Å². The van der Waals surface area contributed by atoms with E-state index >= 15 is 0 Å². The van der Waals surface area contributed by atoms with Crippen LogP contribution in [0.5, 0.6) is 0 Å². The van der Waals surface area contributed by atoms with E-state index in [1.54, 1.807) is 0 Å². The third kappa shape index (κ3) is 5.65. The molecule has 0 amide bonds. The highest BCUT2D eigenvalue weighted by Gasteiger charge is 2.18. The van der Waals surface area contributed by atoms with Crippen molar-refractivity contribution in [3.8, 4) is 0 Å². The van der Waals surface area contributed by atoms with Crippen LogP contribution in [0.4, 0.5) is 0 Å². The van der Waals surface area contributed by atoms with E-state index in [0.29, 0.717) is 12.1 Å². The van der Waals surface area contributed by atoms with Crippen molar-refractivity contribution in [1.29, 1.82) is 0 Å². The van der Waals surface area contributed by atoms with Crippen molar-refractivity contribution in [3.63, 3.8) is 0 Å². The number of carbonyl (C=O) groups excluding carboxylic acids is 1. The SMILES string of the molecule is C=C(CC(=O)OCc1ccccc1)C(C)N(O)Cc1ccccc1. The Morgan fingerprint density at radius 2 is 1.62 bits per heavy atom. The van der Waals surface area contributed by atoms with Gasteiger partial charge in [-0.15, -0.1) is 0 Å². The van der Waals surface area contributed by atoms with Gasteiger partial charge in [-0.1, -0.05) is 67.2 Å². The Kier molecular flexibility index (Phi) is 6.73. The molecule has 0 aliphatic rings. The maximum Gasteiger partial charge on any atom is 0.310 e. The molecule has 0 radical (unpaired) electrons. The van der Waals surface area contributed by atoms with Gasteiger partial charge in [-0.2, -0.15) is 5.06 Å². The molecule has 0 spiro atoms. The average Bonchev–Trinajstić information content (AvgIpc) is 2.61. The van der Waals surface area contributed by atoms with E-state index in [9.17, 15) is 10.0 Å². The molecule has 1 atom stereocenters. The van der Waals surface area contributed by atoms with Crippen LogP contribution in [0.2, 0.25) is 0 Å². The fourth-order valence-corrected chi connectivity index (χ4v) is 2.24. The van der Waals surface area contributed by atoms with Crippen molar-refractivity contribution in [1.82, 2.24) is 5.06 Å². The maximum absolute atomic E-state index is 11.9. The molecule has 0 aliphatic heterocycles. The summed E-state index contributed by atoms with van der Waals surface area (Å²) in [5.41, 5.74) is 2.55. The molecule has 0 bridgehead atoms. The van der Waals surface area contributed by atoms with Gasteiger partial charge < -0.3 is 9.94 Å². The minimum atomic E-state index is -0.344. The van der Waals surface area contributed by atoms with E-state index in [1.165, 1.54) is 5.06 Å². The van der Waals surface area contributed by atoms with Crippen molar-refractivity contribution >= 4 is 5.97 Å². The Balaban J connectivity index is 1.78. The lowest BCUT2D eigenvalue weighted by Gasteiger charge is -2.24. The molecule has 4 nitrogen and oxygen atoms in total. The summed E-state index contributed by atoms with van der Waals surface area (Å²) in [4.78, 5) is 11.9. The Hall–Kier alpha value is -2.43. The zero-order chi connectivity index (χ0) is 17.4. The molecule has 0 aromatic heterocycles. The summed E-state index contributed by atoms with van der Waals surface area (Å²) < 4.78 is 5.25. The fourth-order valence-electron chi connectivity index (χ4n) is 2.24. The van der Waals surface area contributed by atoms with Crippen LogP contribution in [0.15, 0.2) is 72.8 Å². The number of rotatable bonds is 8. The monoisotopic (exact) mass is 325 g/mol. The van der Waals surface area contributed by atoms with Crippen molar-refractivity contribution in [2.75, 3.05) is 0 Å². The molecule has 0 saturated carbocycles. The van der Waals surface area contributed by atoms with Crippen LogP contribution < -0.4 is 0 Å². The molecule has 1 N–H and O–H groups in total. The fraction of sp³-hybridized carbons (Fsp3) is 0.250. The highest BCUT2D eigenvalue weighted by Crippen LogP contribution is 2.15. The lowest BCUT2D eigenvalue weighted by molar-refractivity contribution is -0.145. The number of carbonyl (C=O) groups is 1. The van der Waals surface area contributed by atoms with E-state index in [-0.39, 0.29) is 25.0 Å². The lowest BCUT2D eigenvalue weighted by Crippen LogP contribution is -2.31. The topological polar surface area (TPSA) is 49.8 Å². The van der Waals surface area contributed by atoms with Crippen LogP contribution in [0.1, 0.15) is 24.5 Å². The third-order valence-corrected chi connectivity index (χ3v) is 3.84. The van der Waals surface area contributed by atoms with Crippen molar-refractivity contribution < 1.29 is 14.7 Å². The van der Waals surface area contributed by atoms with Crippen LogP contribution in [0.3, 0.4) is 0 Å². The van der Waals surface area contributed by atoms with E-state index < -0.39 is 0 Å². The van der Waals surface area contributed by atoms with Gasteiger partial charge in [0.25, 0.3) is 0 Å². The number of esters is 1. The molecule has 126 valence electrons. The largest absolute Gasteiger partial charge is 0.461 e. The minimum absolute atomic E-state index is 0.0832. The van der Waals surface area contributed by atoms with Crippen molar-refractivity contribution in [2.24, 2.45) is 0 Å². The quantitative estimate of drug-likeness (QED) is 0.453. The van der Waals surface area contributed by atoms with Crippen LogP contribution in [0, 0.1) is 0 Å². The molecule has 2 aromatic rings. The van der Waals surface area contributed by atoms with Gasteiger partial charge in [-0.05, 0) is 23.6 Å². The summed E-state index contributed by atoms with van der Waals surface area (Å²) in [6.45, 7) is 6.34. The highest BCUT2D eigenvalue weighted by molar-refractivity contribution is 5.72. The Morgan fingerprint density at radius 3 is 2.21 bits per heavy atom. The summed E-state index contributed by atoms with van der Waals surface area (Å²) in [5, 5.41) is 11.4. The third-order valence-electron chi connectivity index (χ3n) is 3.84. The van der Waals surface area contributed by atoms with Crippen molar-refractivity contribution in [3.05, 3.63) is 83.9 Å². The second-order valence-corrected chi connectivity index (χ2v) is 5.74. The van der Waals surface area contributed by atoms with Gasteiger partial charge in [-0.3, -0.25) is 4.79 Å². The average molecular weight is 325 g/mol. The minimum Gasteiger partial charge on any atom is -0.461 e. The van der Waals surface area contributed by atoms with Crippen LogP contribution in [0.25, 0.3) is 0 Å². The number of nitrogens with zero attached hydrogens (tertiary/aromatic N) is 1. The zero-order valence-electron chi connectivity index (χ0n) is 13.9. The standard InChI is InChI=1S/C20H23NO3/c1-16(13-20(22)24-15-19-11-7-4-8-12-19)17(2)21(23)14-18-9-5-3-6-10-18/h3-12,17,23H,1,13-15H2,2H3. The highest BCUT2D eigenvalue weighted by atomic mass is 16.5. The molecule has 2 rings (SSSR count). The molecule has 0 fully saturated rings. The maximum atomic E-state index is 11.9. The van der Waals surface area contributed by atoms with Gasteiger partial charge in [0.15, 0.2) is 0 Å². The van der Waals surface area contributed by atoms with Gasteiger partial charge >= 0.3 is 5.97 Å². The molecule has 1 unspecified atom stereocenters. The number of hydroxylamine groups is 2. The Labute approximate surface area is 143 Å². The lowest BCUT2D eigenvalue weighted by atomic mass is 10.1. The number of benzene rings is 2. The molecule has 2 aromatic carbocycles.